The van der Waals surface area contributed by atoms with E-state index in [1.165, 1.54) is 30.6 Å². The van der Waals surface area contributed by atoms with Gasteiger partial charge in [0.1, 0.15) is 18.7 Å². The minimum atomic E-state index is -4.57. The Morgan fingerprint density at radius 3 is 2.42 bits per heavy atom. The second kappa shape index (κ2) is 12.4. The van der Waals surface area contributed by atoms with Crippen LogP contribution in [-0.4, -0.2) is 70.7 Å². The van der Waals surface area contributed by atoms with Gasteiger partial charge in [0.25, 0.3) is 5.88 Å². The Hall–Kier alpha value is -3.81. The predicted molar refractivity (Wildman–Crippen MR) is 158 cm³/mol. The number of urea groups is 1. The number of amides is 2. The van der Waals surface area contributed by atoms with Crippen molar-refractivity contribution in [1.29, 1.82) is 0 Å². The number of hydrogen-bond acceptors (Lipinski definition) is 8. The van der Waals surface area contributed by atoms with Crippen LogP contribution in [0.25, 0.3) is 0 Å². The van der Waals surface area contributed by atoms with Crippen molar-refractivity contribution in [2.75, 3.05) is 55.3 Å². The monoisotopic (exact) mass is 619 g/mol. The SMILES string of the molecule is CCN1CCN(Cc2ccc(NC(=O)Nc3ccc(Oc4ncnc5c4OCC(C)(C)N5)c(Cl)c3)cc2C(F)(F)F)CC1. The van der Waals surface area contributed by atoms with Crippen LogP contribution in [0.1, 0.15) is 31.9 Å². The minimum absolute atomic E-state index is 0.0146. The smallest absolute Gasteiger partial charge is 0.416 e. The first-order valence-corrected chi connectivity index (χ1v) is 14.2. The molecule has 10 nitrogen and oxygen atoms in total. The molecule has 14 heteroatoms. The fourth-order valence-corrected chi connectivity index (χ4v) is 5.10. The first-order chi connectivity index (χ1) is 20.4. The van der Waals surface area contributed by atoms with E-state index in [1.807, 2.05) is 18.7 Å². The summed E-state index contributed by atoms with van der Waals surface area (Å²) in [5.41, 5.74) is -0.605. The van der Waals surface area contributed by atoms with E-state index >= 15 is 0 Å². The minimum Gasteiger partial charge on any atom is -0.483 e. The van der Waals surface area contributed by atoms with Crippen LogP contribution < -0.4 is 25.4 Å². The molecule has 0 spiro atoms. The Kier molecular flexibility index (Phi) is 8.86. The van der Waals surface area contributed by atoms with E-state index in [2.05, 4.69) is 37.7 Å². The Labute approximate surface area is 252 Å². The summed E-state index contributed by atoms with van der Waals surface area (Å²) < 4.78 is 53.5. The van der Waals surface area contributed by atoms with Gasteiger partial charge in [0.05, 0.1) is 16.1 Å². The van der Waals surface area contributed by atoms with Crippen molar-refractivity contribution >= 4 is 34.8 Å². The zero-order valence-electron chi connectivity index (χ0n) is 24.0. The van der Waals surface area contributed by atoms with Gasteiger partial charge in [-0.3, -0.25) is 4.90 Å². The number of ether oxygens (including phenoxy) is 2. The second-order valence-corrected chi connectivity index (χ2v) is 11.5. The van der Waals surface area contributed by atoms with Gasteiger partial charge in [0.2, 0.25) is 5.75 Å². The fraction of sp³-hybridized carbons (Fsp3) is 0.414. The first kappa shape index (κ1) is 30.6. The van der Waals surface area contributed by atoms with Crippen molar-refractivity contribution in [3.8, 4) is 17.4 Å². The average Bonchev–Trinajstić information content (AvgIpc) is 2.94. The van der Waals surface area contributed by atoms with E-state index in [0.717, 1.165) is 25.7 Å². The largest absolute Gasteiger partial charge is 0.483 e. The summed E-state index contributed by atoms with van der Waals surface area (Å²) in [7, 11) is 0. The number of halogens is 4. The molecule has 1 fully saturated rings. The number of piperazine rings is 1. The number of nitrogens with one attached hydrogen (secondary N) is 3. The van der Waals surface area contributed by atoms with E-state index in [4.69, 9.17) is 21.1 Å². The molecule has 1 aromatic heterocycles. The molecule has 0 atom stereocenters. The maximum atomic E-state index is 13.9. The van der Waals surface area contributed by atoms with Gasteiger partial charge in [-0.15, -0.1) is 0 Å². The zero-order chi connectivity index (χ0) is 30.8. The molecule has 43 heavy (non-hydrogen) atoms. The Morgan fingerprint density at radius 2 is 1.74 bits per heavy atom. The normalized spacial score (nSPS) is 16.9. The number of carbonyl (C=O) groups is 1. The Balaban J connectivity index is 1.23. The van der Waals surface area contributed by atoms with E-state index < -0.39 is 17.8 Å². The highest BCUT2D eigenvalue weighted by atomic mass is 35.5. The molecule has 3 aromatic rings. The second-order valence-electron chi connectivity index (χ2n) is 11.1. The summed E-state index contributed by atoms with van der Waals surface area (Å²) in [6.45, 7) is 10.5. The molecule has 0 aliphatic carbocycles. The molecule has 2 aliphatic rings. The number of likely N-dealkylation sites (N-methyl/N-ethyl adjacent to an activating group) is 1. The van der Waals surface area contributed by atoms with Gasteiger partial charge >= 0.3 is 12.2 Å². The van der Waals surface area contributed by atoms with Gasteiger partial charge < -0.3 is 30.3 Å². The highest BCUT2D eigenvalue weighted by Crippen LogP contribution is 2.41. The van der Waals surface area contributed by atoms with Gasteiger partial charge in [-0.1, -0.05) is 24.6 Å². The van der Waals surface area contributed by atoms with Crippen LogP contribution >= 0.6 is 11.6 Å². The van der Waals surface area contributed by atoms with Gasteiger partial charge in [-0.2, -0.15) is 18.2 Å². The zero-order valence-corrected chi connectivity index (χ0v) is 24.8. The highest BCUT2D eigenvalue weighted by molar-refractivity contribution is 6.32. The summed E-state index contributed by atoms with van der Waals surface area (Å²) >= 11 is 6.41. The van der Waals surface area contributed by atoms with Crippen LogP contribution in [0.5, 0.6) is 17.4 Å². The van der Waals surface area contributed by atoms with E-state index in [0.29, 0.717) is 37.0 Å². The molecule has 2 aromatic carbocycles. The summed E-state index contributed by atoms with van der Waals surface area (Å²) in [6.07, 6.45) is -3.23. The predicted octanol–water partition coefficient (Wildman–Crippen LogP) is 6.31. The maximum absolute atomic E-state index is 13.9. The van der Waals surface area contributed by atoms with Crippen LogP contribution in [0, 0.1) is 0 Å². The van der Waals surface area contributed by atoms with E-state index in [1.54, 1.807) is 6.07 Å². The van der Waals surface area contributed by atoms with Crippen molar-refractivity contribution < 1.29 is 27.4 Å². The van der Waals surface area contributed by atoms with Crippen LogP contribution in [0.3, 0.4) is 0 Å². The quantitative estimate of drug-likeness (QED) is 0.283. The topological polar surface area (TPSA) is 104 Å². The third-order valence-electron chi connectivity index (χ3n) is 7.18. The van der Waals surface area contributed by atoms with E-state index in [-0.39, 0.29) is 40.0 Å². The average molecular weight is 620 g/mol. The lowest BCUT2D eigenvalue weighted by Crippen LogP contribution is -2.45. The number of hydrogen-bond donors (Lipinski definition) is 3. The van der Waals surface area contributed by atoms with E-state index in [9.17, 15) is 18.0 Å². The molecule has 5 rings (SSSR count). The van der Waals surface area contributed by atoms with Crippen LogP contribution in [0.15, 0.2) is 42.7 Å². The molecule has 1 saturated heterocycles. The van der Waals surface area contributed by atoms with Crippen LogP contribution in [-0.2, 0) is 12.7 Å². The lowest BCUT2D eigenvalue weighted by Gasteiger charge is -2.34. The third-order valence-corrected chi connectivity index (χ3v) is 7.48. The number of fused-ring (bicyclic) bond motifs is 1. The molecule has 0 bridgehead atoms. The van der Waals surface area contributed by atoms with Gasteiger partial charge in [-0.25, -0.2) is 9.78 Å². The summed E-state index contributed by atoms with van der Waals surface area (Å²) in [6, 6.07) is 7.64. The molecule has 3 N–H and O–H groups in total. The Bertz CT molecular complexity index is 1480. The van der Waals surface area contributed by atoms with Crippen molar-refractivity contribution in [2.45, 2.75) is 39.0 Å². The molecular formula is C29H33ClF3N7O3. The molecule has 0 unspecified atom stereocenters. The number of rotatable bonds is 7. The number of alkyl halides is 3. The number of carbonyl (C=O) groups excluding carboxylic acids is 1. The summed E-state index contributed by atoms with van der Waals surface area (Å²) in [5, 5.41) is 8.48. The first-order valence-electron chi connectivity index (χ1n) is 13.9. The van der Waals surface area contributed by atoms with Gasteiger partial charge in [0, 0.05) is 44.1 Å². The van der Waals surface area contributed by atoms with Gasteiger partial charge in [0.15, 0.2) is 5.82 Å². The standard InChI is InChI=1S/C29H33ClF3N7O3/c1-4-39-9-11-40(12-10-39)15-18-5-6-19(13-21(18)29(31,32)33)36-27(41)37-20-7-8-23(22(30)14-20)43-26-24-25(34-17-35-26)38-28(2,3)16-42-24/h5-8,13-14,17H,4,9-12,15-16H2,1-3H3,(H,34,35,38)(H2,36,37,41). The van der Waals surface area contributed by atoms with Crippen LogP contribution in [0.2, 0.25) is 5.02 Å². The molecule has 230 valence electrons. The molecule has 0 saturated carbocycles. The summed E-state index contributed by atoms with van der Waals surface area (Å²) in [4.78, 5) is 25.3. The number of aromatic nitrogens is 2. The maximum Gasteiger partial charge on any atom is 0.416 e. The van der Waals surface area contributed by atoms with Crippen molar-refractivity contribution in [3.05, 3.63) is 58.9 Å². The van der Waals surface area contributed by atoms with Crippen molar-refractivity contribution in [3.63, 3.8) is 0 Å². The lowest BCUT2D eigenvalue weighted by atomic mass is 10.0. The Morgan fingerprint density at radius 1 is 1.07 bits per heavy atom. The third kappa shape index (κ3) is 7.59. The molecule has 3 heterocycles. The fourth-order valence-electron chi connectivity index (χ4n) is 4.88. The molecule has 2 amide bonds. The van der Waals surface area contributed by atoms with Gasteiger partial charge in [-0.05, 0) is 56.3 Å². The highest BCUT2D eigenvalue weighted by Gasteiger charge is 2.34. The molecule has 2 aliphatic heterocycles. The summed E-state index contributed by atoms with van der Waals surface area (Å²) in [5.74, 6) is 1.26. The number of benzene rings is 2. The van der Waals surface area contributed by atoms with Crippen molar-refractivity contribution in [2.24, 2.45) is 0 Å². The lowest BCUT2D eigenvalue weighted by molar-refractivity contribution is -0.138. The number of nitrogens with zero attached hydrogens (tertiary/aromatic N) is 4. The molecular weight excluding hydrogens is 587 g/mol. The van der Waals surface area contributed by atoms with Crippen LogP contribution in [0.4, 0.5) is 35.2 Å². The van der Waals surface area contributed by atoms with Crippen molar-refractivity contribution in [1.82, 2.24) is 19.8 Å². The molecule has 0 radical (unpaired) electrons. The number of anilines is 3.